The summed E-state index contributed by atoms with van der Waals surface area (Å²) in [6.07, 6.45) is 39.7. The first kappa shape index (κ1) is 51.0. The van der Waals surface area contributed by atoms with Crippen LogP contribution in [0.25, 0.3) is 0 Å². The Bertz CT molecular complexity index is 830. The maximum atomic E-state index is 12.4. The van der Waals surface area contributed by atoms with Crippen LogP contribution in [0.15, 0.2) is 0 Å². The van der Waals surface area contributed by atoms with Gasteiger partial charge in [-0.2, -0.15) is 0 Å². The Hall–Kier alpha value is -0.950. The van der Waals surface area contributed by atoms with Crippen molar-refractivity contribution < 1.29 is 37.9 Å². The molecule has 0 aromatic heterocycles. The Kier molecular flexibility index (Phi) is 37.6. The molecule has 0 unspecified atom stereocenters. The number of carbonyl (C=O) groups is 2. The van der Waals surface area contributed by atoms with E-state index in [2.05, 4.69) is 25.3 Å². The summed E-state index contributed by atoms with van der Waals surface area (Å²) in [6.45, 7) is 6.06. The van der Waals surface area contributed by atoms with E-state index in [1.165, 1.54) is 167 Å². The Labute approximate surface area is 321 Å². The zero-order valence-corrected chi connectivity index (χ0v) is 35.3. The van der Waals surface area contributed by atoms with Gasteiger partial charge < -0.3 is 19.3 Å². The number of esters is 2. The van der Waals surface area contributed by atoms with Gasteiger partial charge in [0.25, 0.3) is 0 Å². The van der Waals surface area contributed by atoms with Crippen molar-refractivity contribution in [3.05, 3.63) is 0 Å². The number of phosphoric acid groups is 1. The van der Waals surface area contributed by atoms with Gasteiger partial charge in [-0.15, -0.1) is 0 Å². The van der Waals surface area contributed by atoms with Gasteiger partial charge in [0.05, 0.1) is 6.61 Å². The first-order chi connectivity index (χ1) is 25.1. The van der Waals surface area contributed by atoms with Crippen molar-refractivity contribution in [2.24, 2.45) is 5.92 Å². The summed E-state index contributed by atoms with van der Waals surface area (Å²) >= 11 is 0. The van der Waals surface area contributed by atoms with Gasteiger partial charge in [-0.1, -0.05) is 213 Å². The molecule has 9 heteroatoms. The van der Waals surface area contributed by atoms with Gasteiger partial charge >= 0.3 is 19.8 Å². The van der Waals surface area contributed by atoms with Crippen LogP contribution in [0.5, 0.6) is 0 Å². The standard InChI is InChI=1S/C43H85O8P/c1-4-5-6-7-8-9-10-11-12-13-14-15-18-21-24-27-30-33-36-42(44)49-38-41(39-50-52(46,47)48)51-43(45)37-34-31-28-25-22-19-16-17-20-23-26-29-32-35-40(2)3/h40-41H,4-39H2,1-3H3,(H2,46,47,48)/t41-/m1/s1. The smallest absolute Gasteiger partial charge is 0.462 e. The highest BCUT2D eigenvalue weighted by Gasteiger charge is 2.23. The predicted octanol–water partition coefficient (Wildman–Crippen LogP) is 13.5. The summed E-state index contributed by atoms with van der Waals surface area (Å²) in [5, 5.41) is 0. The minimum absolute atomic E-state index is 0.219. The Morgan fingerprint density at radius 1 is 0.481 bits per heavy atom. The van der Waals surface area contributed by atoms with Crippen LogP contribution in [0.4, 0.5) is 0 Å². The average Bonchev–Trinajstić information content (AvgIpc) is 3.10. The molecule has 0 spiro atoms. The van der Waals surface area contributed by atoms with Crippen molar-refractivity contribution in [3.63, 3.8) is 0 Å². The van der Waals surface area contributed by atoms with Crippen LogP contribution in [0.3, 0.4) is 0 Å². The first-order valence-electron chi connectivity index (χ1n) is 22.2. The molecule has 52 heavy (non-hydrogen) atoms. The third-order valence-corrected chi connectivity index (χ3v) is 10.5. The molecule has 0 radical (unpaired) electrons. The molecule has 0 aliphatic carbocycles. The van der Waals surface area contributed by atoms with Crippen LogP contribution in [-0.4, -0.2) is 41.0 Å². The molecule has 0 fully saturated rings. The first-order valence-corrected chi connectivity index (χ1v) is 23.7. The molecular weight excluding hydrogens is 675 g/mol. The zero-order valence-electron chi connectivity index (χ0n) is 34.4. The van der Waals surface area contributed by atoms with Crippen LogP contribution >= 0.6 is 7.82 Å². The van der Waals surface area contributed by atoms with Crippen LogP contribution in [0, 0.1) is 5.92 Å². The Balaban J connectivity index is 3.83. The maximum Gasteiger partial charge on any atom is 0.469 e. The second kappa shape index (κ2) is 38.3. The van der Waals surface area contributed by atoms with Gasteiger partial charge in [-0.3, -0.25) is 14.1 Å². The van der Waals surface area contributed by atoms with Gasteiger partial charge in [0.1, 0.15) is 6.61 Å². The highest BCUT2D eigenvalue weighted by Crippen LogP contribution is 2.36. The molecule has 0 saturated heterocycles. The van der Waals surface area contributed by atoms with Crippen LogP contribution in [0.1, 0.15) is 239 Å². The van der Waals surface area contributed by atoms with E-state index in [-0.39, 0.29) is 19.4 Å². The second-order valence-electron chi connectivity index (χ2n) is 15.9. The molecule has 0 aliphatic rings. The number of ether oxygens (including phenoxy) is 2. The minimum atomic E-state index is -4.75. The number of carbonyl (C=O) groups excluding carboxylic acids is 2. The van der Waals surface area contributed by atoms with Crippen molar-refractivity contribution >= 4 is 19.8 Å². The fraction of sp³-hybridized carbons (Fsp3) is 0.953. The molecule has 310 valence electrons. The predicted molar refractivity (Wildman–Crippen MR) is 216 cm³/mol. The van der Waals surface area contributed by atoms with Crippen molar-refractivity contribution in [3.8, 4) is 0 Å². The lowest BCUT2D eigenvalue weighted by atomic mass is 10.0. The van der Waals surface area contributed by atoms with Crippen LogP contribution < -0.4 is 0 Å². The quantitative estimate of drug-likeness (QED) is 0.0359. The maximum absolute atomic E-state index is 12.4. The van der Waals surface area contributed by atoms with E-state index in [0.29, 0.717) is 6.42 Å². The Morgan fingerprint density at radius 3 is 1.15 bits per heavy atom. The highest BCUT2D eigenvalue weighted by molar-refractivity contribution is 7.46. The lowest BCUT2D eigenvalue weighted by Crippen LogP contribution is -2.29. The molecule has 0 aromatic carbocycles. The molecule has 0 rings (SSSR count). The molecular formula is C43H85O8P. The fourth-order valence-corrected chi connectivity index (χ4v) is 7.10. The average molecular weight is 761 g/mol. The van der Waals surface area contributed by atoms with Gasteiger partial charge in [0.2, 0.25) is 0 Å². The number of hydrogen-bond donors (Lipinski definition) is 2. The van der Waals surface area contributed by atoms with Crippen molar-refractivity contribution in [1.29, 1.82) is 0 Å². The van der Waals surface area contributed by atoms with Crippen molar-refractivity contribution in [2.45, 2.75) is 245 Å². The van der Waals surface area contributed by atoms with E-state index >= 15 is 0 Å². The number of rotatable bonds is 41. The number of phosphoric ester groups is 1. The largest absolute Gasteiger partial charge is 0.469 e. The second-order valence-corrected chi connectivity index (χ2v) is 17.1. The van der Waals surface area contributed by atoms with Gasteiger partial charge in [-0.25, -0.2) is 4.57 Å². The zero-order chi connectivity index (χ0) is 38.4. The Morgan fingerprint density at radius 2 is 0.808 bits per heavy atom. The summed E-state index contributed by atoms with van der Waals surface area (Å²) < 4.78 is 26.4. The van der Waals surface area contributed by atoms with Gasteiger partial charge in [0, 0.05) is 12.8 Å². The van der Waals surface area contributed by atoms with Gasteiger partial charge in [-0.05, 0) is 18.8 Å². The minimum Gasteiger partial charge on any atom is -0.462 e. The highest BCUT2D eigenvalue weighted by atomic mass is 31.2. The normalized spacial score (nSPS) is 12.4. The van der Waals surface area contributed by atoms with E-state index in [1.54, 1.807) is 0 Å². The molecule has 0 bridgehead atoms. The van der Waals surface area contributed by atoms with E-state index < -0.39 is 32.5 Å². The number of hydrogen-bond acceptors (Lipinski definition) is 6. The summed E-state index contributed by atoms with van der Waals surface area (Å²) in [4.78, 5) is 42.9. The summed E-state index contributed by atoms with van der Waals surface area (Å²) in [5.41, 5.74) is 0. The van der Waals surface area contributed by atoms with Crippen molar-refractivity contribution in [2.75, 3.05) is 13.2 Å². The molecule has 1 atom stereocenters. The topological polar surface area (TPSA) is 119 Å². The fourth-order valence-electron chi connectivity index (χ4n) is 6.74. The molecule has 0 saturated carbocycles. The summed E-state index contributed by atoms with van der Waals surface area (Å²) in [5.74, 6) is -0.0426. The molecule has 0 heterocycles. The van der Waals surface area contributed by atoms with E-state index in [9.17, 15) is 14.2 Å². The lowest BCUT2D eigenvalue weighted by molar-refractivity contribution is -0.161. The number of unbranched alkanes of at least 4 members (excludes halogenated alkanes) is 29. The van der Waals surface area contributed by atoms with Crippen molar-refractivity contribution in [1.82, 2.24) is 0 Å². The monoisotopic (exact) mass is 761 g/mol. The molecule has 2 N–H and O–H groups in total. The SMILES string of the molecule is CCCCCCCCCCCCCCCCCCCCC(=O)OC[C@H](COP(=O)(O)O)OC(=O)CCCCCCCCCCCCCCCC(C)C. The molecule has 0 aromatic rings. The van der Waals surface area contributed by atoms with E-state index in [4.69, 9.17) is 19.3 Å². The molecule has 8 nitrogen and oxygen atoms in total. The third-order valence-electron chi connectivity index (χ3n) is 10.1. The molecule has 0 aliphatic heterocycles. The van der Waals surface area contributed by atoms with Crippen LogP contribution in [0.2, 0.25) is 0 Å². The summed E-state index contributed by atoms with van der Waals surface area (Å²) in [6, 6.07) is 0. The van der Waals surface area contributed by atoms with Gasteiger partial charge in [0.15, 0.2) is 6.10 Å². The van der Waals surface area contributed by atoms with E-state index in [1.807, 2.05) is 0 Å². The lowest BCUT2D eigenvalue weighted by Gasteiger charge is -2.18. The van der Waals surface area contributed by atoms with Crippen LogP contribution in [-0.2, 0) is 28.2 Å². The summed E-state index contributed by atoms with van der Waals surface area (Å²) in [7, 11) is -4.75. The molecule has 0 amide bonds. The van der Waals surface area contributed by atoms with E-state index in [0.717, 1.165) is 38.0 Å². The third kappa shape index (κ3) is 41.8.